The molecule has 29 heavy (non-hydrogen) atoms. The molecule has 0 spiro atoms. The molecule has 3 rings (SSSR count). The Hall–Kier alpha value is -3.09. The molecule has 0 bridgehead atoms. The van der Waals surface area contributed by atoms with Crippen LogP contribution in [0.2, 0.25) is 0 Å². The summed E-state index contributed by atoms with van der Waals surface area (Å²) in [7, 11) is 0. The molecule has 2 aromatic heterocycles. The number of amides is 1. The van der Waals surface area contributed by atoms with E-state index in [0.29, 0.717) is 23.2 Å². The molecular weight excluding hydrogens is 374 g/mol. The number of aliphatic carboxylic acids is 1. The summed E-state index contributed by atoms with van der Waals surface area (Å²) in [6.45, 7) is 9.24. The fraction of sp³-hybridized carbons (Fsp3) is 0.409. The highest BCUT2D eigenvalue weighted by molar-refractivity contribution is 6.00. The minimum absolute atomic E-state index is 0.209. The summed E-state index contributed by atoms with van der Waals surface area (Å²) in [6.07, 6.45) is 0.572. The second-order valence-corrected chi connectivity index (χ2v) is 7.44. The van der Waals surface area contributed by atoms with Crippen LogP contribution in [0.5, 0.6) is 0 Å². The molecule has 7 nitrogen and oxygen atoms in total. The first kappa shape index (κ1) is 20.6. The van der Waals surface area contributed by atoms with Crippen molar-refractivity contribution in [1.82, 2.24) is 5.32 Å². The standard InChI is InChI=1S/C22H25NO6/c1-6-7-17(21(25)26)23-18(24)9-16-11(3)15-8-14-10(2)13(5)28-19(14)12(4)20(15)29-22(16)27/h8,17H,6-7,9H2,1-5H3,(H,23,24)(H,25,26)/p-1/t17-/m1/s1. The molecule has 154 valence electrons. The van der Waals surface area contributed by atoms with Gasteiger partial charge in [-0.15, -0.1) is 0 Å². The van der Waals surface area contributed by atoms with E-state index in [1.54, 1.807) is 6.92 Å². The topological polar surface area (TPSA) is 113 Å². The average Bonchev–Trinajstić information content (AvgIpc) is 2.94. The van der Waals surface area contributed by atoms with Crippen LogP contribution in [0.1, 0.15) is 47.8 Å². The number of carbonyl (C=O) groups is 2. The van der Waals surface area contributed by atoms with Crippen molar-refractivity contribution in [1.29, 1.82) is 0 Å². The Balaban J connectivity index is 2.06. The number of hydrogen-bond acceptors (Lipinski definition) is 6. The quantitative estimate of drug-likeness (QED) is 0.638. The number of nitrogens with one attached hydrogen (secondary N) is 1. The lowest BCUT2D eigenvalue weighted by Gasteiger charge is -2.19. The second-order valence-electron chi connectivity index (χ2n) is 7.44. The molecule has 1 atom stereocenters. The summed E-state index contributed by atoms with van der Waals surface area (Å²) in [5.74, 6) is -1.11. The SMILES string of the molecule is CCC[C@@H](NC(=O)Cc1c(C)c2cc3c(C)c(C)oc3c(C)c2oc1=O)C(=O)[O-]. The van der Waals surface area contributed by atoms with E-state index in [4.69, 9.17) is 8.83 Å². The summed E-state index contributed by atoms with van der Waals surface area (Å²) in [5, 5.41) is 15.3. The smallest absolute Gasteiger partial charge is 0.340 e. The Morgan fingerprint density at radius 2 is 1.66 bits per heavy atom. The van der Waals surface area contributed by atoms with Gasteiger partial charge in [0.25, 0.3) is 0 Å². The first-order chi connectivity index (χ1) is 13.6. The maximum absolute atomic E-state index is 12.6. The van der Waals surface area contributed by atoms with Crippen LogP contribution >= 0.6 is 0 Å². The Bertz CT molecular complexity index is 1180. The summed E-state index contributed by atoms with van der Waals surface area (Å²) in [4.78, 5) is 36.1. The predicted octanol–water partition coefficient (Wildman–Crippen LogP) is 2.35. The zero-order valence-corrected chi connectivity index (χ0v) is 17.2. The van der Waals surface area contributed by atoms with Gasteiger partial charge in [0.05, 0.1) is 24.0 Å². The third kappa shape index (κ3) is 3.64. The van der Waals surface area contributed by atoms with Crippen LogP contribution < -0.4 is 16.0 Å². The van der Waals surface area contributed by atoms with Crippen LogP contribution in [-0.2, 0) is 16.0 Å². The zero-order chi connectivity index (χ0) is 21.5. The van der Waals surface area contributed by atoms with Crippen LogP contribution in [0.3, 0.4) is 0 Å². The number of benzene rings is 1. The predicted molar refractivity (Wildman–Crippen MR) is 107 cm³/mol. The molecule has 0 saturated carbocycles. The van der Waals surface area contributed by atoms with Crippen LogP contribution in [0.15, 0.2) is 19.7 Å². The Morgan fingerprint density at radius 1 is 1.03 bits per heavy atom. The van der Waals surface area contributed by atoms with Crippen molar-refractivity contribution < 1.29 is 23.5 Å². The summed E-state index contributed by atoms with van der Waals surface area (Å²) in [5.41, 5.74) is 3.06. The normalized spacial score (nSPS) is 12.4. The summed E-state index contributed by atoms with van der Waals surface area (Å²) in [6, 6.07) is 0.822. The maximum Gasteiger partial charge on any atom is 0.340 e. The van der Waals surface area contributed by atoms with E-state index < -0.39 is 23.5 Å². The van der Waals surface area contributed by atoms with Crippen molar-refractivity contribution in [2.45, 2.75) is 59.9 Å². The van der Waals surface area contributed by atoms with E-state index in [0.717, 1.165) is 27.7 Å². The van der Waals surface area contributed by atoms with Gasteiger partial charge in [0.2, 0.25) is 5.91 Å². The van der Waals surface area contributed by atoms with Crippen LogP contribution in [-0.4, -0.2) is 17.9 Å². The number of hydrogen-bond donors (Lipinski definition) is 1. The van der Waals surface area contributed by atoms with Crippen LogP contribution in [0.4, 0.5) is 0 Å². The number of carboxylic acid groups (broad SMARTS) is 1. The molecule has 1 N–H and O–H groups in total. The highest BCUT2D eigenvalue weighted by Gasteiger charge is 2.21. The lowest BCUT2D eigenvalue weighted by molar-refractivity contribution is -0.308. The molecule has 3 aromatic rings. The van der Waals surface area contributed by atoms with Gasteiger partial charge < -0.3 is 24.1 Å². The molecule has 7 heteroatoms. The molecule has 2 heterocycles. The fourth-order valence-electron chi connectivity index (χ4n) is 3.64. The van der Waals surface area contributed by atoms with Gasteiger partial charge in [0.1, 0.15) is 16.9 Å². The average molecular weight is 398 g/mol. The highest BCUT2D eigenvalue weighted by Crippen LogP contribution is 2.34. The number of rotatable bonds is 6. The van der Waals surface area contributed by atoms with E-state index in [1.165, 1.54) is 0 Å². The van der Waals surface area contributed by atoms with Gasteiger partial charge in [0, 0.05) is 16.3 Å². The molecule has 0 aliphatic heterocycles. The second kappa shape index (κ2) is 7.73. The maximum atomic E-state index is 12.6. The first-order valence-corrected chi connectivity index (χ1v) is 9.61. The van der Waals surface area contributed by atoms with Crippen molar-refractivity contribution in [3.8, 4) is 0 Å². The Morgan fingerprint density at radius 3 is 2.28 bits per heavy atom. The van der Waals surface area contributed by atoms with Gasteiger partial charge in [-0.05, 0) is 51.3 Å². The molecule has 0 unspecified atom stereocenters. The summed E-state index contributed by atoms with van der Waals surface area (Å²) >= 11 is 0. The number of furan rings is 1. The molecule has 1 aromatic carbocycles. The summed E-state index contributed by atoms with van der Waals surface area (Å²) < 4.78 is 11.4. The number of carbonyl (C=O) groups excluding carboxylic acids is 2. The van der Waals surface area contributed by atoms with E-state index in [1.807, 2.05) is 33.8 Å². The largest absolute Gasteiger partial charge is 0.548 e. The zero-order valence-electron chi connectivity index (χ0n) is 17.2. The van der Waals surface area contributed by atoms with Crippen molar-refractivity contribution in [3.05, 3.63) is 44.5 Å². The Kier molecular flexibility index (Phi) is 5.50. The number of fused-ring (bicyclic) bond motifs is 2. The Labute approximate surface area is 167 Å². The highest BCUT2D eigenvalue weighted by atomic mass is 16.4. The number of aryl methyl sites for hydroxylation is 4. The van der Waals surface area contributed by atoms with Crippen LogP contribution in [0, 0.1) is 27.7 Å². The van der Waals surface area contributed by atoms with Crippen molar-refractivity contribution in [2.24, 2.45) is 0 Å². The third-order valence-corrected chi connectivity index (χ3v) is 5.48. The van der Waals surface area contributed by atoms with Gasteiger partial charge in [-0.2, -0.15) is 0 Å². The van der Waals surface area contributed by atoms with E-state index in [9.17, 15) is 19.5 Å². The van der Waals surface area contributed by atoms with Gasteiger partial charge >= 0.3 is 5.63 Å². The third-order valence-electron chi connectivity index (χ3n) is 5.48. The molecule has 0 aliphatic carbocycles. The lowest BCUT2D eigenvalue weighted by atomic mass is 9.98. The molecule has 0 saturated heterocycles. The minimum Gasteiger partial charge on any atom is -0.548 e. The van der Waals surface area contributed by atoms with Crippen LogP contribution in [0.25, 0.3) is 21.9 Å². The fourth-order valence-corrected chi connectivity index (χ4v) is 3.64. The van der Waals surface area contributed by atoms with Gasteiger partial charge in [0.15, 0.2) is 0 Å². The van der Waals surface area contributed by atoms with Crippen molar-refractivity contribution in [3.63, 3.8) is 0 Å². The first-order valence-electron chi connectivity index (χ1n) is 9.61. The monoisotopic (exact) mass is 398 g/mol. The van der Waals surface area contributed by atoms with Gasteiger partial charge in [-0.3, -0.25) is 4.79 Å². The van der Waals surface area contributed by atoms with E-state index in [2.05, 4.69) is 5.32 Å². The molecular formula is C22H24NO6-. The molecule has 0 aliphatic rings. The molecule has 0 fully saturated rings. The minimum atomic E-state index is -1.34. The number of carboxylic acids is 1. The van der Waals surface area contributed by atoms with E-state index in [-0.39, 0.29) is 18.4 Å². The van der Waals surface area contributed by atoms with Crippen molar-refractivity contribution >= 4 is 33.8 Å². The van der Waals surface area contributed by atoms with Gasteiger partial charge in [-0.1, -0.05) is 13.3 Å². The molecule has 1 amide bonds. The molecule has 0 radical (unpaired) electrons. The van der Waals surface area contributed by atoms with Crippen molar-refractivity contribution in [2.75, 3.05) is 0 Å². The lowest BCUT2D eigenvalue weighted by Crippen LogP contribution is -2.48. The van der Waals surface area contributed by atoms with E-state index >= 15 is 0 Å². The van der Waals surface area contributed by atoms with Gasteiger partial charge in [-0.25, -0.2) is 4.79 Å².